The summed E-state index contributed by atoms with van der Waals surface area (Å²) in [5.41, 5.74) is 1.05. The van der Waals surface area contributed by atoms with Crippen LogP contribution in [0.4, 0.5) is 8.78 Å². The predicted molar refractivity (Wildman–Crippen MR) is 83.5 cm³/mol. The third-order valence-corrected chi connectivity index (χ3v) is 3.65. The molecular weight excluding hydrogens is 324 g/mol. The summed E-state index contributed by atoms with van der Waals surface area (Å²) in [5.74, 6) is -1.01. The molecule has 23 heavy (non-hydrogen) atoms. The first-order valence-electron chi connectivity index (χ1n) is 6.91. The molecule has 0 fully saturated rings. The minimum atomic E-state index is -0.672. The number of amides is 1. The van der Waals surface area contributed by atoms with E-state index in [4.69, 9.17) is 11.6 Å². The van der Waals surface area contributed by atoms with Crippen molar-refractivity contribution in [3.05, 3.63) is 64.4 Å². The van der Waals surface area contributed by atoms with Crippen molar-refractivity contribution in [3.8, 4) is 0 Å². The summed E-state index contributed by atoms with van der Waals surface area (Å²) in [5, 5.41) is 2.64. The van der Waals surface area contributed by atoms with Crippen LogP contribution in [0.5, 0.6) is 0 Å². The lowest BCUT2D eigenvalue weighted by molar-refractivity contribution is 0.0950. The molecule has 0 spiro atoms. The molecule has 0 atom stereocenters. The number of H-pyrrole nitrogens is 1. The van der Waals surface area contributed by atoms with E-state index in [1.165, 1.54) is 30.3 Å². The molecule has 0 aliphatic heterocycles. The molecule has 1 aromatic heterocycles. The van der Waals surface area contributed by atoms with Crippen molar-refractivity contribution in [1.82, 2.24) is 15.3 Å². The fourth-order valence-corrected chi connectivity index (χ4v) is 2.50. The van der Waals surface area contributed by atoms with Crippen molar-refractivity contribution < 1.29 is 13.6 Å². The van der Waals surface area contributed by atoms with Crippen molar-refractivity contribution in [2.24, 2.45) is 0 Å². The lowest BCUT2D eigenvalue weighted by Crippen LogP contribution is -2.27. The molecule has 118 valence electrons. The SMILES string of the molecule is O=C(NCCc1nc2ccc(F)cc2[nH]1)c1c(F)cccc1Cl. The number of imidazole rings is 1. The van der Waals surface area contributed by atoms with Crippen molar-refractivity contribution in [3.63, 3.8) is 0 Å². The number of hydrogen-bond acceptors (Lipinski definition) is 2. The molecule has 0 aliphatic rings. The lowest BCUT2D eigenvalue weighted by atomic mass is 10.2. The van der Waals surface area contributed by atoms with Crippen molar-refractivity contribution >= 4 is 28.5 Å². The van der Waals surface area contributed by atoms with Gasteiger partial charge in [0.2, 0.25) is 0 Å². The van der Waals surface area contributed by atoms with Crippen LogP contribution in [0.25, 0.3) is 11.0 Å². The van der Waals surface area contributed by atoms with Gasteiger partial charge in [-0.05, 0) is 30.3 Å². The highest BCUT2D eigenvalue weighted by molar-refractivity contribution is 6.33. The second-order valence-electron chi connectivity index (χ2n) is 4.95. The van der Waals surface area contributed by atoms with Crippen LogP contribution in [0.1, 0.15) is 16.2 Å². The molecule has 0 radical (unpaired) electrons. The Kier molecular flexibility index (Phi) is 4.25. The molecule has 0 aliphatic carbocycles. The third-order valence-electron chi connectivity index (χ3n) is 3.33. The average molecular weight is 336 g/mol. The maximum absolute atomic E-state index is 13.6. The summed E-state index contributed by atoms with van der Waals surface area (Å²) in [6, 6.07) is 8.31. The molecule has 7 heteroatoms. The zero-order chi connectivity index (χ0) is 16.4. The first kappa shape index (κ1) is 15.4. The predicted octanol–water partition coefficient (Wildman–Crippen LogP) is 3.47. The van der Waals surface area contributed by atoms with Gasteiger partial charge in [0.25, 0.3) is 5.91 Å². The Morgan fingerprint density at radius 1 is 1.26 bits per heavy atom. The van der Waals surface area contributed by atoms with Crippen LogP contribution in [-0.4, -0.2) is 22.4 Å². The third kappa shape index (κ3) is 3.32. The molecule has 3 aromatic rings. The highest BCUT2D eigenvalue weighted by Gasteiger charge is 2.15. The number of rotatable bonds is 4. The molecule has 0 saturated carbocycles. The quantitative estimate of drug-likeness (QED) is 0.767. The Labute approximate surface area is 135 Å². The van der Waals surface area contributed by atoms with Gasteiger partial charge in [-0.1, -0.05) is 17.7 Å². The fourth-order valence-electron chi connectivity index (χ4n) is 2.25. The van der Waals surface area contributed by atoms with Crippen molar-refractivity contribution in [2.75, 3.05) is 6.54 Å². The average Bonchev–Trinajstić information content (AvgIpc) is 2.88. The summed E-state index contributed by atoms with van der Waals surface area (Å²) >= 11 is 5.83. The van der Waals surface area contributed by atoms with Gasteiger partial charge in [0.1, 0.15) is 17.5 Å². The molecule has 0 saturated heterocycles. The fraction of sp³-hybridized carbons (Fsp3) is 0.125. The van der Waals surface area contributed by atoms with Gasteiger partial charge >= 0.3 is 0 Å². The van der Waals surface area contributed by atoms with Gasteiger partial charge in [-0.15, -0.1) is 0 Å². The van der Waals surface area contributed by atoms with E-state index in [1.807, 2.05) is 0 Å². The number of hydrogen-bond donors (Lipinski definition) is 2. The van der Waals surface area contributed by atoms with Crippen LogP contribution in [0.3, 0.4) is 0 Å². The van der Waals surface area contributed by atoms with Gasteiger partial charge in [0.15, 0.2) is 0 Å². The van der Waals surface area contributed by atoms with Gasteiger partial charge in [-0.2, -0.15) is 0 Å². The Bertz CT molecular complexity index is 859. The number of nitrogens with one attached hydrogen (secondary N) is 2. The first-order chi connectivity index (χ1) is 11.0. The monoisotopic (exact) mass is 335 g/mol. The number of halogens is 3. The number of fused-ring (bicyclic) bond motifs is 1. The summed E-state index contributed by atoms with van der Waals surface area (Å²) in [4.78, 5) is 19.2. The second-order valence-corrected chi connectivity index (χ2v) is 5.35. The molecule has 4 nitrogen and oxygen atoms in total. The van der Waals surface area contributed by atoms with Gasteiger partial charge in [-0.25, -0.2) is 13.8 Å². The molecule has 1 heterocycles. The molecule has 3 rings (SSSR count). The zero-order valence-corrected chi connectivity index (χ0v) is 12.6. The van der Waals surface area contributed by atoms with E-state index in [0.717, 1.165) is 0 Å². The molecule has 0 unspecified atom stereocenters. The van der Waals surface area contributed by atoms with Gasteiger partial charge < -0.3 is 10.3 Å². The normalized spacial score (nSPS) is 10.9. The number of carbonyl (C=O) groups excluding carboxylic acids is 1. The first-order valence-corrected chi connectivity index (χ1v) is 7.29. The highest BCUT2D eigenvalue weighted by atomic mass is 35.5. The highest BCUT2D eigenvalue weighted by Crippen LogP contribution is 2.18. The molecule has 2 N–H and O–H groups in total. The Hall–Kier alpha value is -2.47. The van der Waals surface area contributed by atoms with Crippen LogP contribution in [0.15, 0.2) is 36.4 Å². The largest absolute Gasteiger partial charge is 0.351 e. The summed E-state index contributed by atoms with van der Waals surface area (Å²) < 4.78 is 26.7. The topological polar surface area (TPSA) is 57.8 Å². The summed E-state index contributed by atoms with van der Waals surface area (Å²) in [6.45, 7) is 0.242. The summed E-state index contributed by atoms with van der Waals surface area (Å²) in [7, 11) is 0. The van der Waals surface area contributed by atoms with Crippen LogP contribution in [0, 0.1) is 11.6 Å². The zero-order valence-electron chi connectivity index (χ0n) is 11.9. The van der Waals surface area contributed by atoms with Crippen molar-refractivity contribution in [2.45, 2.75) is 6.42 Å². The lowest BCUT2D eigenvalue weighted by Gasteiger charge is -2.06. The Balaban J connectivity index is 1.65. The maximum Gasteiger partial charge on any atom is 0.255 e. The van der Waals surface area contributed by atoms with E-state index < -0.39 is 11.7 Å². The van der Waals surface area contributed by atoms with Crippen LogP contribution in [-0.2, 0) is 6.42 Å². The van der Waals surface area contributed by atoms with Gasteiger partial charge in [0.05, 0.1) is 21.6 Å². The van der Waals surface area contributed by atoms with E-state index in [0.29, 0.717) is 23.3 Å². The Morgan fingerprint density at radius 2 is 2.09 bits per heavy atom. The minimum absolute atomic E-state index is 0.0571. The van der Waals surface area contributed by atoms with E-state index in [2.05, 4.69) is 15.3 Å². The van der Waals surface area contributed by atoms with E-state index in [-0.39, 0.29) is 22.9 Å². The summed E-state index contributed by atoms with van der Waals surface area (Å²) in [6.07, 6.45) is 0.397. The molecule has 0 bridgehead atoms. The minimum Gasteiger partial charge on any atom is -0.351 e. The second kappa shape index (κ2) is 6.34. The number of benzene rings is 2. The van der Waals surface area contributed by atoms with Gasteiger partial charge in [0, 0.05) is 13.0 Å². The number of aromatic nitrogens is 2. The van der Waals surface area contributed by atoms with Crippen molar-refractivity contribution in [1.29, 1.82) is 0 Å². The molecule has 2 aromatic carbocycles. The van der Waals surface area contributed by atoms with E-state index >= 15 is 0 Å². The Morgan fingerprint density at radius 3 is 2.87 bits per heavy atom. The molecule has 1 amide bonds. The van der Waals surface area contributed by atoms with Gasteiger partial charge in [-0.3, -0.25) is 4.79 Å². The maximum atomic E-state index is 13.6. The number of aromatic amines is 1. The standard InChI is InChI=1S/C16H12ClF2N3O/c17-10-2-1-3-11(19)15(10)16(23)20-7-6-14-21-12-5-4-9(18)8-13(12)22-14/h1-5,8H,6-7H2,(H,20,23)(H,21,22). The smallest absolute Gasteiger partial charge is 0.255 e. The van der Waals surface area contributed by atoms with Crippen LogP contribution < -0.4 is 5.32 Å². The van der Waals surface area contributed by atoms with E-state index in [1.54, 1.807) is 6.07 Å². The number of nitrogens with zero attached hydrogens (tertiary/aromatic N) is 1. The van der Waals surface area contributed by atoms with Crippen LogP contribution >= 0.6 is 11.6 Å². The van der Waals surface area contributed by atoms with Crippen LogP contribution in [0.2, 0.25) is 5.02 Å². The van der Waals surface area contributed by atoms with E-state index in [9.17, 15) is 13.6 Å². The molecular formula is C16H12ClF2N3O. The number of carbonyl (C=O) groups is 1.